The summed E-state index contributed by atoms with van der Waals surface area (Å²) < 4.78 is 5.15. The smallest absolute Gasteiger partial charge is 0.338 e. The van der Waals surface area contributed by atoms with E-state index in [-0.39, 0.29) is 48.1 Å². The van der Waals surface area contributed by atoms with Crippen molar-refractivity contribution in [3.05, 3.63) is 42.0 Å². The zero-order valence-electron chi connectivity index (χ0n) is 15.8. The van der Waals surface area contributed by atoms with Crippen molar-refractivity contribution in [1.29, 1.82) is 0 Å². The fourth-order valence-electron chi connectivity index (χ4n) is 4.47. The third kappa shape index (κ3) is 3.10. The molecular weight excluding hydrogens is 360 g/mol. The molecule has 28 heavy (non-hydrogen) atoms. The van der Waals surface area contributed by atoms with Crippen molar-refractivity contribution in [3.8, 4) is 0 Å². The van der Waals surface area contributed by atoms with Gasteiger partial charge < -0.3 is 10.1 Å². The summed E-state index contributed by atoms with van der Waals surface area (Å²) >= 11 is 0. The van der Waals surface area contributed by atoms with E-state index in [4.69, 9.17) is 4.74 Å². The molecule has 4 atom stereocenters. The van der Waals surface area contributed by atoms with Crippen molar-refractivity contribution in [3.63, 3.8) is 0 Å². The highest BCUT2D eigenvalue weighted by Gasteiger charge is 2.59. The first-order valence-corrected chi connectivity index (χ1v) is 9.49. The third-order valence-electron chi connectivity index (χ3n) is 5.59. The summed E-state index contributed by atoms with van der Waals surface area (Å²) in [5, 5.41) is 2.65. The Morgan fingerprint density at radius 2 is 1.79 bits per heavy atom. The van der Waals surface area contributed by atoms with Gasteiger partial charge in [0.1, 0.15) is 6.54 Å². The average Bonchev–Trinajstić information content (AvgIpc) is 3.31. The van der Waals surface area contributed by atoms with Crippen LogP contribution in [0.3, 0.4) is 0 Å². The van der Waals surface area contributed by atoms with Gasteiger partial charge in [-0.2, -0.15) is 0 Å². The number of ether oxygens (including phenoxy) is 1. The van der Waals surface area contributed by atoms with E-state index in [2.05, 4.69) is 5.32 Å². The number of carbonyl (C=O) groups is 4. The largest absolute Gasteiger partial charge is 0.459 e. The van der Waals surface area contributed by atoms with E-state index in [1.165, 1.54) is 6.07 Å². The lowest BCUT2D eigenvalue weighted by Gasteiger charge is -2.17. The van der Waals surface area contributed by atoms with E-state index in [0.717, 1.165) is 11.3 Å². The SMILES string of the molecule is CC(C)OC(=O)c1cccc(NC(=O)CN2C(=O)[C@@H]3[C@@H](C2=O)[C@H]2C=C[C@H]3C2)c1. The van der Waals surface area contributed by atoms with Gasteiger partial charge in [0.25, 0.3) is 0 Å². The lowest BCUT2D eigenvalue weighted by molar-refractivity contribution is -0.143. The molecule has 2 aliphatic carbocycles. The Morgan fingerprint density at radius 1 is 1.14 bits per heavy atom. The molecule has 0 radical (unpaired) electrons. The van der Waals surface area contributed by atoms with E-state index in [1.54, 1.807) is 32.0 Å². The minimum absolute atomic E-state index is 0.114. The molecule has 1 N–H and O–H groups in total. The molecule has 1 aromatic carbocycles. The molecule has 0 spiro atoms. The van der Waals surface area contributed by atoms with Crippen LogP contribution in [0.25, 0.3) is 0 Å². The summed E-state index contributed by atoms with van der Waals surface area (Å²) in [6.07, 6.45) is 4.64. The Balaban J connectivity index is 1.41. The molecule has 0 unspecified atom stereocenters. The van der Waals surface area contributed by atoms with Crippen molar-refractivity contribution in [1.82, 2.24) is 4.90 Å². The maximum absolute atomic E-state index is 12.7. The molecule has 3 amide bonds. The van der Waals surface area contributed by atoms with Gasteiger partial charge in [0.05, 0.1) is 23.5 Å². The monoisotopic (exact) mass is 382 g/mol. The topological polar surface area (TPSA) is 92.8 Å². The van der Waals surface area contributed by atoms with Gasteiger partial charge in [-0.05, 0) is 50.3 Å². The number of benzene rings is 1. The molecule has 2 fully saturated rings. The molecule has 1 aliphatic heterocycles. The van der Waals surface area contributed by atoms with Crippen LogP contribution in [0.15, 0.2) is 36.4 Å². The second-order valence-corrected chi connectivity index (χ2v) is 7.85. The predicted octanol–water partition coefficient (Wildman–Crippen LogP) is 2.00. The summed E-state index contributed by atoms with van der Waals surface area (Å²) in [6, 6.07) is 6.37. The summed E-state index contributed by atoms with van der Waals surface area (Å²) in [4.78, 5) is 50.8. The minimum atomic E-state index is -0.480. The summed E-state index contributed by atoms with van der Waals surface area (Å²) in [5.41, 5.74) is 0.723. The van der Waals surface area contributed by atoms with Gasteiger partial charge in [-0.15, -0.1) is 0 Å². The Labute approximate surface area is 162 Å². The molecule has 0 aromatic heterocycles. The number of fused-ring (bicyclic) bond motifs is 5. The molecule has 146 valence electrons. The van der Waals surface area contributed by atoms with Gasteiger partial charge in [-0.3, -0.25) is 19.3 Å². The van der Waals surface area contributed by atoms with Crippen LogP contribution in [-0.4, -0.2) is 41.2 Å². The fraction of sp³-hybridized carbons (Fsp3) is 0.429. The molecule has 1 heterocycles. The Hall–Kier alpha value is -2.96. The first-order valence-electron chi connectivity index (χ1n) is 9.49. The Morgan fingerprint density at radius 3 is 2.39 bits per heavy atom. The quantitative estimate of drug-likeness (QED) is 0.478. The highest BCUT2D eigenvalue weighted by atomic mass is 16.5. The predicted molar refractivity (Wildman–Crippen MR) is 100 cm³/mol. The second-order valence-electron chi connectivity index (χ2n) is 7.85. The van der Waals surface area contributed by atoms with Crippen molar-refractivity contribution in [2.45, 2.75) is 26.4 Å². The van der Waals surface area contributed by atoms with Crippen LogP contribution in [0.1, 0.15) is 30.6 Å². The van der Waals surface area contributed by atoms with E-state index >= 15 is 0 Å². The molecule has 1 saturated carbocycles. The maximum atomic E-state index is 12.7. The molecule has 7 nitrogen and oxygen atoms in total. The summed E-state index contributed by atoms with van der Waals surface area (Å²) in [6.45, 7) is 3.19. The van der Waals surface area contributed by atoms with Crippen LogP contribution in [0.4, 0.5) is 5.69 Å². The van der Waals surface area contributed by atoms with E-state index in [9.17, 15) is 19.2 Å². The van der Waals surface area contributed by atoms with E-state index < -0.39 is 11.9 Å². The van der Waals surface area contributed by atoms with Gasteiger partial charge in [0.15, 0.2) is 0 Å². The standard InChI is InChI=1S/C21H22N2O5/c1-11(2)28-21(27)14-4-3-5-15(9-14)22-16(24)10-23-19(25)17-12-6-7-13(8-12)18(17)20(23)26/h3-7,9,11-13,17-18H,8,10H2,1-2H3,(H,22,24)/t12-,13-,17-,18-/m0/s1. The van der Waals surface area contributed by atoms with Crippen LogP contribution in [-0.2, 0) is 19.1 Å². The van der Waals surface area contributed by atoms with Crippen LogP contribution in [0.2, 0.25) is 0 Å². The Bertz CT molecular complexity index is 861. The molecular formula is C21H22N2O5. The number of imide groups is 1. The molecule has 1 aromatic rings. The Kier molecular flexibility index (Phi) is 4.53. The van der Waals surface area contributed by atoms with Crippen molar-refractivity contribution in [2.75, 3.05) is 11.9 Å². The maximum Gasteiger partial charge on any atom is 0.338 e. The van der Waals surface area contributed by atoms with Gasteiger partial charge in [-0.1, -0.05) is 18.2 Å². The highest BCUT2D eigenvalue weighted by molar-refractivity contribution is 6.09. The van der Waals surface area contributed by atoms with Crippen molar-refractivity contribution >= 4 is 29.4 Å². The van der Waals surface area contributed by atoms with E-state index in [1.807, 2.05) is 12.2 Å². The number of allylic oxidation sites excluding steroid dienone is 2. The van der Waals surface area contributed by atoms with Crippen molar-refractivity contribution < 1.29 is 23.9 Å². The second kappa shape index (κ2) is 6.89. The number of nitrogens with zero attached hydrogens (tertiary/aromatic N) is 1. The number of anilines is 1. The first kappa shape index (κ1) is 18.4. The van der Waals surface area contributed by atoms with Crippen LogP contribution < -0.4 is 5.32 Å². The van der Waals surface area contributed by atoms with Crippen molar-refractivity contribution in [2.24, 2.45) is 23.7 Å². The zero-order valence-corrected chi connectivity index (χ0v) is 15.8. The molecule has 2 bridgehead atoms. The van der Waals surface area contributed by atoms with Gasteiger partial charge in [0.2, 0.25) is 17.7 Å². The van der Waals surface area contributed by atoms with Crippen LogP contribution in [0, 0.1) is 23.7 Å². The number of likely N-dealkylation sites (tertiary alicyclic amines) is 1. The molecule has 3 aliphatic rings. The first-order chi connectivity index (χ1) is 13.3. The molecule has 7 heteroatoms. The third-order valence-corrected chi connectivity index (χ3v) is 5.59. The number of esters is 1. The number of amides is 3. The average molecular weight is 382 g/mol. The van der Waals surface area contributed by atoms with Crippen LogP contribution >= 0.6 is 0 Å². The number of carbonyl (C=O) groups excluding carboxylic acids is 4. The lowest BCUT2D eigenvalue weighted by Crippen LogP contribution is -2.39. The van der Waals surface area contributed by atoms with Gasteiger partial charge >= 0.3 is 5.97 Å². The lowest BCUT2D eigenvalue weighted by atomic mass is 9.85. The number of hydrogen-bond acceptors (Lipinski definition) is 5. The van der Waals surface area contributed by atoms with Gasteiger partial charge in [-0.25, -0.2) is 4.79 Å². The summed E-state index contributed by atoms with van der Waals surface area (Å²) in [5.74, 6) is -1.86. The number of hydrogen-bond donors (Lipinski definition) is 1. The number of rotatable bonds is 5. The molecule has 1 saturated heterocycles. The molecule has 4 rings (SSSR count). The fourth-order valence-corrected chi connectivity index (χ4v) is 4.47. The van der Waals surface area contributed by atoms with Gasteiger partial charge in [0, 0.05) is 5.69 Å². The highest BCUT2D eigenvalue weighted by Crippen LogP contribution is 2.52. The summed E-state index contributed by atoms with van der Waals surface area (Å²) in [7, 11) is 0. The van der Waals surface area contributed by atoms with Crippen LogP contribution in [0.5, 0.6) is 0 Å². The zero-order chi connectivity index (χ0) is 20.0. The minimum Gasteiger partial charge on any atom is -0.459 e. The van der Waals surface area contributed by atoms with E-state index in [0.29, 0.717) is 11.3 Å². The normalized spacial score (nSPS) is 27.5. The number of nitrogens with one attached hydrogen (secondary N) is 1.